The average molecular weight is 603 g/mol. The van der Waals surface area contributed by atoms with Crippen LogP contribution in [-0.2, 0) is 0 Å². The first kappa shape index (κ1) is 20.5. The van der Waals surface area contributed by atoms with Gasteiger partial charge in [0.15, 0.2) is 0 Å². The molecule has 2 N–H and O–H groups in total. The van der Waals surface area contributed by atoms with E-state index in [-0.39, 0.29) is 0 Å². The van der Waals surface area contributed by atoms with Crippen LogP contribution in [0.2, 0.25) is 0 Å². The number of fused-ring (bicyclic) bond motifs is 1. The van der Waals surface area contributed by atoms with Crippen molar-refractivity contribution in [2.45, 2.75) is 37.6 Å². The third-order valence-corrected chi connectivity index (χ3v) is 7.53. The van der Waals surface area contributed by atoms with E-state index in [9.17, 15) is 0 Å². The summed E-state index contributed by atoms with van der Waals surface area (Å²) in [6.07, 6.45) is 12.8. The molecule has 0 bridgehead atoms. The number of pyridine rings is 1. The van der Waals surface area contributed by atoms with Crippen molar-refractivity contribution in [3.63, 3.8) is 0 Å². The average Bonchev–Trinajstić information content (AvgIpc) is 3.48. The zero-order valence-corrected chi connectivity index (χ0v) is 21.8. The number of nitrogens with zero attached hydrogens (tertiary/aromatic N) is 5. The summed E-state index contributed by atoms with van der Waals surface area (Å²) in [6.45, 7) is 0.807. The predicted molar refractivity (Wildman–Crippen MR) is 122 cm³/mol. The van der Waals surface area contributed by atoms with Gasteiger partial charge in [0.1, 0.15) is 0 Å². The Morgan fingerprint density at radius 3 is 2.77 bits per heavy atom. The zero-order valence-electron chi connectivity index (χ0n) is 17.3. The Morgan fingerprint density at radius 2 is 2.00 bits per heavy atom. The van der Waals surface area contributed by atoms with Gasteiger partial charge >= 0.3 is 162 Å². The Morgan fingerprint density at radius 1 is 1.16 bits per heavy atom. The third-order valence-electron chi connectivity index (χ3n) is 6.17. The summed E-state index contributed by atoms with van der Waals surface area (Å²) in [4.78, 5) is 4.46. The SMILES string of the molecule is [Tl][n]1nnc2c(/C(=C\CNC3CCC(c4ccccc4)CC3)c3cn[nH]c3)ccnc21. The second-order valence-corrected chi connectivity index (χ2v) is 9.94. The van der Waals surface area contributed by atoms with Crippen LogP contribution in [0, 0.1) is 0 Å². The summed E-state index contributed by atoms with van der Waals surface area (Å²) in [5, 5.41) is 19.4. The summed E-state index contributed by atoms with van der Waals surface area (Å²) in [7, 11) is 0. The van der Waals surface area contributed by atoms with Gasteiger partial charge < -0.3 is 0 Å². The monoisotopic (exact) mass is 603 g/mol. The molecule has 1 aliphatic rings. The van der Waals surface area contributed by atoms with Crippen molar-refractivity contribution in [2.75, 3.05) is 6.54 Å². The quantitative estimate of drug-likeness (QED) is 0.331. The van der Waals surface area contributed by atoms with Crippen molar-refractivity contribution in [3.8, 4) is 0 Å². The first-order valence-electron chi connectivity index (χ1n) is 10.7. The molecule has 1 aliphatic carbocycles. The van der Waals surface area contributed by atoms with E-state index in [0.717, 1.165) is 34.4 Å². The zero-order chi connectivity index (χ0) is 21.0. The minimum absolute atomic E-state index is 0.534. The molecule has 0 aliphatic heterocycles. The van der Waals surface area contributed by atoms with Crippen LogP contribution in [-0.4, -0.2) is 66.6 Å². The fourth-order valence-electron chi connectivity index (χ4n) is 4.53. The molecule has 0 atom stereocenters. The molecule has 5 rings (SSSR count). The van der Waals surface area contributed by atoms with Gasteiger partial charge in [-0.15, -0.1) is 0 Å². The molecule has 0 unspecified atom stereocenters. The first-order chi connectivity index (χ1) is 15.3. The molecule has 4 aromatic rings. The normalized spacial score (nSPS) is 19.6. The Kier molecular flexibility index (Phi) is 6.21. The van der Waals surface area contributed by atoms with Gasteiger partial charge in [-0.05, 0) is 5.56 Å². The van der Waals surface area contributed by atoms with Gasteiger partial charge in [0.25, 0.3) is 0 Å². The molecular weight excluding hydrogens is 579 g/mol. The van der Waals surface area contributed by atoms with Gasteiger partial charge in [0, 0.05) is 0 Å². The Hall–Kier alpha value is -2.40. The molecule has 0 amide bonds. The van der Waals surface area contributed by atoms with Crippen LogP contribution in [0.1, 0.15) is 48.3 Å². The molecule has 1 fully saturated rings. The van der Waals surface area contributed by atoms with Crippen LogP contribution in [0.3, 0.4) is 0 Å². The molecule has 7 nitrogen and oxygen atoms in total. The van der Waals surface area contributed by atoms with Crippen LogP contribution >= 0.6 is 0 Å². The minimum atomic E-state index is 0.534. The molecule has 3 heterocycles. The van der Waals surface area contributed by atoms with Gasteiger partial charge in [-0.1, -0.05) is 30.3 Å². The second kappa shape index (κ2) is 9.39. The van der Waals surface area contributed by atoms with Crippen molar-refractivity contribution >= 4 is 42.8 Å². The van der Waals surface area contributed by atoms with Crippen LogP contribution in [0.25, 0.3) is 16.7 Å². The Bertz CT molecular complexity index is 1160. The van der Waals surface area contributed by atoms with E-state index >= 15 is 0 Å². The number of hydrogen-bond donors (Lipinski definition) is 2. The fourth-order valence-corrected chi connectivity index (χ4v) is 5.46. The second-order valence-electron chi connectivity index (χ2n) is 8.04. The summed E-state index contributed by atoms with van der Waals surface area (Å²) >= 11 is 0.534. The van der Waals surface area contributed by atoms with Crippen LogP contribution in [0.4, 0.5) is 0 Å². The summed E-state index contributed by atoms with van der Waals surface area (Å²) < 4.78 is 1.87. The molecule has 31 heavy (non-hydrogen) atoms. The van der Waals surface area contributed by atoms with E-state index in [1.165, 1.54) is 31.2 Å². The van der Waals surface area contributed by atoms with E-state index in [0.29, 0.717) is 38.0 Å². The van der Waals surface area contributed by atoms with E-state index in [2.05, 4.69) is 67.2 Å². The standard InChI is InChI=1S/C23H24N7.Tl/c1-2-4-16(5-3-1)17-6-8-19(9-7-17)24-12-10-20(18-14-26-27-15-18)21-11-13-25-23-22(21)28-30-29-23;/h1-5,10-11,13-15,17,19,24H,6-9,12H2,(H-,25,26,27,28,29,30);/q-1;+1/b20-10-;. The first-order valence-corrected chi connectivity index (χ1v) is 12.7. The molecular formula is C23H24N7Tl. The van der Waals surface area contributed by atoms with Crippen LogP contribution in [0.5, 0.6) is 0 Å². The molecule has 0 saturated heterocycles. The number of aromatic amines is 1. The third kappa shape index (κ3) is 4.47. The van der Waals surface area contributed by atoms with Gasteiger partial charge in [-0.2, -0.15) is 0 Å². The maximum absolute atomic E-state index is 4.46. The van der Waals surface area contributed by atoms with Crippen molar-refractivity contribution in [2.24, 2.45) is 0 Å². The molecule has 1 aromatic carbocycles. The number of benzene rings is 1. The Balaban J connectivity index is 1.30. The Labute approximate surface area is 197 Å². The molecule has 0 radical (unpaired) electrons. The van der Waals surface area contributed by atoms with E-state index in [1.807, 2.05) is 27.1 Å². The molecule has 3 aromatic heterocycles. The van der Waals surface area contributed by atoms with Gasteiger partial charge in [0.05, 0.1) is 0 Å². The summed E-state index contributed by atoms with van der Waals surface area (Å²) in [5.74, 6) is 0.697. The molecule has 0 spiro atoms. The van der Waals surface area contributed by atoms with E-state index in [1.54, 1.807) is 0 Å². The molecule has 8 heteroatoms. The summed E-state index contributed by atoms with van der Waals surface area (Å²) in [6, 6.07) is 13.5. The molecule has 1 saturated carbocycles. The van der Waals surface area contributed by atoms with Gasteiger partial charge in [-0.25, -0.2) is 0 Å². The fraction of sp³-hybridized carbons (Fsp3) is 0.304. The van der Waals surface area contributed by atoms with Crippen molar-refractivity contribution in [3.05, 3.63) is 77.8 Å². The van der Waals surface area contributed by atoms with Crippen molar-refractivity contribution < 1.29 is 0 Å². The van der Waals surface area contributed by atoms with Crippen molar-refractivity contribution in [1.29, 1.82) is 0 Å². The van der Waals surface area contributed by atoms with Crippen LogP contribution in [0.15, 0.2) is 61.1 Å². The number of rotatable bonds is 6. The number of hydrogen-bond acceptors (Lipinski definition) is 5. The number of nitrogens with one attached hydrogen (secondary N) is 2. The van der Waals surface area contributed by atoms with Gasteiger partial charge in [-0.3, -0.25) is 0 Å². The number of H-pyrrole nitrogens is 1. The molecule has 154 valence electrons. The summed E-state index contributed by atoms with van der Waals surface area (Å²) in [5.41, 5.74) is 6.39. The topological polar surface area (TPSA) is 84.3 Å². The predicted octanol–water partition coefficient (Wildman–Crippen LogP) is 3.23. The van der Waals surface area contributed by atoms with Gasteiger partial charge in [0.2, 0.25) is 0 Å². The van der Waals surface area contributed by atoms with Crippen LogP contribution < -0.4 is 5.32 Å². The van der Waals surface area contributed by atoms with E-state index < -0.39 is 0 Å². The number of aromatic nitrogens is 6. The van der Waals surface area contributed by atoms with Crippen molar-refractivity contribution in [1.82, 2.24) is 33.3 Å². The maximum atomic E-state index is 4.46. The van der Waals surface area contributed by atoms with E-state index in [4.69, 9.17) is 0 Å².